The molecule has 0 fully saturated rings. The summed E-state index contributed by atoms with van der Waals surface area (Å²) in [6, 6.07) is 23.0. The molecule has 3 amide bonds. The van der Waals surface area contributed by atoms with E-state index in [-0.39, 0.29) is 12.5 Å². The molecule has 4 rings (SSSR count). The summed E-state index contributed by atoms with van der Waals surface area (Å²) >= 11 is 6.45. The summed E-state index contributed by atoms with van der Waals surface area (Å²) in [6.07, 6.45) is -0.424. The first kappa shape index (κ1) is 31.9. The molecule has 1 aliphatic rings. The molecule has 0 saturated heterocycles. The molecule has 9 heteroatoms. The van der Waals surface area contributed by atoms with E-state index in [1.54, 1.807) is 58.6 Å². The molecule has 0 aliphatic carbocycles. The van der Waals surface area contributed by atoms with Crippen LogP contribution >= 0.6 is 11.6 Å². The highest BCUT2D eigenvalue weighted by Crippen LogP contribution is 2.42. The minimum absolute atomic E-state index is 0.112. The molecule has 8 nitrogen and oxygen atoms in total. The van der Waals surface area contributed by atoms with Gasteiger partial charge in [-0.2, -0.15) is 0 Å². The second-order valence-electron chi connectivity index (χ2n) is 12.5. The zero-order chi connectivity index (χ0) is 31.4. The van der Waals surface area contributed by atoms with Crippen LogP contribution in [0.2, 0.25) is 5.02 Å². The smallest absolute Gasteiger partial charge is 0.419 e. The number of hydrogen-bond acceptors (Lipinski definition) is 6. The summed E-state index contributed by atoms with van der Waals surface area (Å²) < 4.78 is 11.0. The van der Waals surface area contributed by atoms with Gasteiger partial charge in [0, 0.05) is 18.1 Å². The molecule has 0 radical (unpaired) electrons. The van der Waals surface area contributed by atoms with Crippen LogP contribution in [-0.2, 0) is 16.0 Å². The number of carbonyl (C=O) groups is 3. The van der Waals surface area contributed by atoms with Crippen LogP contribution in [0.25, 0.3) is 0 Å². The molecule has 0 spiro atoms. The second-order valence-corrected chi connectivity index (χ2v) is 12.9. The first-order chi connectivity index (χ1) is 20.2. The van der Waals surface area contributed by atoms with Crippen molar-refractivity contribution in [2.45, 2.75) is 72.1 Å². The highest BCUT2D eigenvalue weighted by atomic mass is 35.5. The zero-order valence-electron chi connectivity index (χ0n) is 25.7. The van der Waals surface area contributed by atoms with Crippen LogP contribution in [0.1, 0.15) is 70.3 Å². The van der Waals surface area contributed by atoms with Gasteiger partial charge in [0.1, 0.15) is 11.2 Å². The van der Waals surface area contributed by atoms with Crippen molar-refractivity contribution < 1.29 is 23.9 Å². The quantitative estimate of drug-likeness (QED) is 0.251. The van der Waals surface area contributed by atoms with E-state index in [1.165, 1.54) is 0 Å². The van der Waals surface area contributed by atoms with Crippen molar-refractivity contribution in [2.75, 3.05) is 22.9 Å². The maximum Gasteiger partial charge on any atom is 0.419 e. The number of nitrogens with zero attached hydrogens (tertiary/aromatic N) is 3. The largest absolute Gasteiger partial charge is 0.443 e. The number of ether oxygens (including phenoxy) is 2. The topological polar surface area (TPSA) is 79.4 Å². The van der Waals surface area contributed by atoms with Gasteiger partial charge < -0.3 is 19.3 Å². The predicted octanol–water partition coefficient (Wildman–Crippen LogP) is 8.59. The van der Waals surface area contributed by atoms with Gasteiger partial charge in [-0.05, 0) is 90.3 Å². The van der Waals surface area contributed by atoms with Crippen molar-refractivity contribution in [2.24, 2.45) is 0 Å². The molecule has 228 valence electrons. The Morgan fingerprint density at radius 1 is 0.744 bits per heavy atom. The van der Waals surface area contributed by atoms with Gasteiger partial charge in [0.2, 0.25) is 0 Å². The van der Waals surface area contributed by atoms with E-state index in [4.69, 9.17) is 21.1 Å². The molecule has 0 atom stereocenters. The summed E-state index contributed by atoms with van der Waals surface area (Å²) in [5, 5.41) is 0.520. The fourth-order valence-electron chi connectivity index (χ4n) is 4.81. The number of carbonyl (C=O) groups excluding carboxylic acids is 3. The Bertz CT molecular complexity index is 1430. The monoisotopic (exact) mass is 605 g/mol. The lowest BCUT2D eigenvalue weighted by atomic mass is 10.1. The maximum absolute atomic E-state index is 14.0. The van der Waals surface area contributed by atoms with Crippen LogP contribution in [0.5, 0.6) is 0 Å². The molecular formula is C34H40ClN3O5. The molecule has 0 aromatic heterocycles. The molecular weight excluding hydrogens is 566 g/mol. The van der Waals surface area contributed by atoms with Crippen LogP contribution in [0.3, 0.4) is 0 Å². The second kappa shape index (κ2) is 13.1. The Morgan fingerprint density at radius 3 is 1.88 bits per heavy atom. The van der Waals surface area contributed by atoms with Crippen LogP contribution in [0.4, 0.5) is 26.7 Å². The number of unbranched alkanes of at least 4 members (excludes halogenated alkanes) is 1. The minimum Gasteiger partial charge on any atom is -0.443 e. The molecule has 0 N–H and O–H groups in total. The van der Waals surface area contributed by atoms with Crippen molar-refractivity contribution in [1.29, 1.82) is 0 Å². The number of anilines is 3. The van der Waals surface area contributed by atoms with Gasteiger partial charge in [-0.25, -0.2) is 14.5 Å². The van der Waals surface area contributed by atoms with Gasteiger partial charge >= 0.3 is 12.2 Å². The predicted molar refractivity (Wildman–Crippen MR) is 170 cm³/mol. The number of para-hydroxylation sites is 2. The number of imide groups is 1. The highest BCUT2D eigenvalue weighted by Gasteiger charge is 2.33. The first-order valence-corrected chi connectivity index (χ1v) is 14.9. The van der Waals surface area contributed by atoms with Gasteiger partial charge in [-0.1, -0.05) is 54.1 Å². The van der Waals surface area contributed by atoms with E-state index in [0.29, 0.717) is 42.2 Å². The van der Waals surface area contributed by atoms with Crippen molar-refractivity contribution in [3.05, 3.63) is 88.9 Å². The Labute approximate surface area is 259 Å². The summed E-state index contributed by atoms with van der Waals surface area (Å²) in [5.74, 6) is -0.119. The normalized spacial score (nSPS) is 13.1. The standard InChI is InChI=1S/C34H40ClN3O5/c1-33(2,3)42-31(40)37(32(41)43-34(4,5)6)21-13-12-20-36-27-16-10-11-17-28(27)38(23-24-14-8-7-9-15-24)30(39)26-19-18-25(35)22-29(26)36/h7-11,14-19,22H,12-13,20-21,23H2,1-6H3. The Hall–Kier alpha value is -4.04. The average molecular weight is 606 g/mol. The van der Waals surface area contributed by atoms with Gasteiger partial charge in [0.25, 0.3) is 5.91 Å². The minimum atomic E-state index is -0.770. The molecule has 1 heterocycles. The Morgan fingerprint density at radius 2 is 1.30 bits per heavy atom. The summed E-state index contributed by atoms with van der Waals surface area (Å²) in [4.78, 5) is 44.8. The van der Waals surface area contributed by atoms with Crippen LogP contribution < -0.4 is 9.80 Å². The molecule has 3 aromatic carbocycles. The lowest BCUT2D eigenvalue weighted by molar-refractivity contribution is 0.00121. The Kier molecular flexibility index (Phi) is 9.70. The van der Waals surface area contributed by atoms with E-state index < -0.39 is 23.4 Å². The van der Waals surface area contributed by atoms with Crippen molar-refractivity contribution in [3.63, 3.8) is 0 Å². The molecule has 1 aliphatic heterocycles. The van der Waals surface area contributed by atoms with Crippen molar-refractivity contribution in [3.8, 4) is 0 Å². The molecule has 43 heavy (non-hydrogen) atoms. The van der Waals surface area contributed by atoms with E-state index in [9.17, 15) is 14.4 Å². The third kappa shape index (κ3) is 8.29. The van der Waals surface area contributed by atoms with Gasteiger partial charge in [0.15, 0.2) is 0 Å². The van der Waals surface area contributed by atoms with Crippen LogP contribution in [0.15, 0.2) is 72.8 Å². The molecule has 0 bridgehead atoms. The number of hydrogen-bond donors (Lipinski definition) is 0. The number of rotatable bonds is 7. The third-order valence-electron chi connectivity index (χ3n) is 6.61. The van der Waals surface area contributed by atoms with Gasteiger partial charge in [-0.3, -0.25) is 4.79 Å². The third-order valence-corrected chi connectivity index (χ3v) is 6.85. The number of amides is 3. The summed E-state index contributed by atoms with van der Waals surface area (Å²) in [7, 11) is 0. The molecule has 3 aromatic rings. The summed E-state index contributed by atoms with van der Waals surface area (Å²) in [5.41, 5.74) is 2.37. The van der Waals surface area contributed by atoms with E-state index in [1.807, 2.05) is 60.7 Å². The SMILES string of the molecule is CC(C)(C)OC(=O)N(CCCCN1c2cc(Cl)ccc2C(=O)N(Cc2ccccc2)c2ccccc21)C(=O)OC(C)(C)C. The van der Waals surface area contributed by atoms with E-state index in [0.717, 1.165) is 21.8 Å². The number of halogens is 1. The van der Waals surface area contributed by atoms with E-state index in [2.05, 4.69) is 4.90 Å². The lowest BCUT2D eigenvalue weighted by Crippen LogP contribution is -2.44. The highest BCUT2D eigenvalue weighted by molar-refractivity contribution is 6.31. The number of benzene rings is 3. The molecule has 0 unspecified atom stereocenters. The van der Waals surface area contributed by atoms with E-state index >= 15 is 0 Å². The Balaban J connectivity index is 1.60. The zero-order valence-corrected chi connectivity index (χ0v) is 26.5. The maximum atomic E-state index is 14.0. The van der Waals surface area contributed by atoms with Crippen LogP contribution in [0, 0.1) is 0 Å². The van der Waals surface area contributed by atoms with Gasteiger partial charge in [0.05, 0.1) is 29.2 Å². The number of fused-ring (bicyclic) bond motifs is 2. The average Bonchev–Trinajstić information content (AvgIpc) is 3.00. The first-order valence-electron chi connectivity index (χ1n) is 14.5. The molecule has 0 saturated carbocycles. The fraction of sp³-hybridized carbons (Fsp3) is 0.382. The van der Waals surface area contributed by atoms with Crippen LogP contribution in [-0.4, -0.2) is 47.3 Å². The van der Waals surface area contributed by atoms with Crippen molar-refractivity contribution in [1.82, 2.24) is 4.90 Å². The van der Waals surface area contributed by atoms with Gasteiger partial charge in [-0.15, -0.1) is 0 Å². The summed E-state index contributed by atoms with van der Waals surface area (Å²) in [6.45, 7) is 11.5. The lowest BCUT2D eigenvalue weighted by Gasteiger charge is -2.29. The fourth-order valence-corrected chi connectivity index (χ4v) is 4.98. The van der Waals surface area contributed by atoms with Crippen molar-refractivity contribution >= 4 is 46.8 Å².